The summed E-state index contributed by atoms with van der Waals surface area (Å²) in [4.78, 5) is 12.0. The third kappa shape index (κ3) is 5.05. The third-order valence-corrected chi connectivity index (χ3v) is 4.03. The van der Waals surface area contributed by atoms with Gasteiger partial charge in [-0.3, -0.25) is 4.79 Å². The van der Waals surface area contributed by atoms with E-state index in [2.05, 4.69) is 10.6 Å². The molecule has 0 aromatic heterocycles. The van der Waals surface area contributed by atoms with Gasteiger partial charge in [-0.25, -0.2) is 0 Å². The second-order valence-electron chi connectivity index (χ2n) is 5.92. The average molecular weight is 357 g/mol. The van der Waals surface area contributed by atoms with Crippen molar-refractivity contribution in [3.05, 3.63) is 47.5 Å². The van der Waals surface area contributed by atoms with E-state index >= 15 is 0 Å². The smallest absolute Gasteiger partial charge is 0.251 e. The van der Waals surface area contributed by atoms with Crippen molar-refractivity contribution in [1.82, 2.24) is 5.32 Å². The molecule has 6 nitrogen and oxygen atoms in total. The Hall–Kier alpha value is -2.89. The SMILES string of the molecule is CCCNC(=O)c1ccc(NCCc2ccc(OC)c(OC)c2)c(N)c1. The van der Waals surface area contributed by atoms with Crippen LogP contribution in [-0.2, 0) is 6.42 Å². The molecular formula is C20H27N3O3. The van der Waals surface area contributed by atoms with Crippen LogP contribution in [0.3, 0.4) is 0 Å². The van der Waals surface area contributed by atoms with Crippen LogP contribution in [-0.4, -0.2) is 33.2 Å². The Kier molecular flexibility index (Phi) is 7.14. The van der Waals surface area contributed by atoms with E-state index in [4.69, 9.17) is 15.2 Å². The number of carbonyl (C=O) groups excluding carboxylic acids is 1. The van der Waals surface area contributed by atoms with E-state index in [1.807, 2.05) is 31.2 Å². The van der Waals surface area contributed by atoms with Crippen molar-refractivity contribution >= 4 is 17.3 Å². The lowest BCUT2D eigenvalue weighted by Crippen LogP contribution is -2.24. The fourth-order valence-electron chi connectivity index (χ4n) is 2.58. The van der Waals surface area contributed by atoms with Crippen LogP contribution in [0.25, 0.3) is 0 Å². The lowest BCUT2D eigenvalue weighted by atomic mass is 10.1. The van der Waals surface area contributed by atoms with E-state index in [0.29, 0.717) is 35.8 Å². The van der Waals surface area contributed by atoms with Crippen molar-refractivity contribution in [1.29, 1.82) is 0 Å². The Labute approximate surface area is 154 Å². The van der Waals surface area contributed by atoms with Gasteiger partial charge >= 0.3 is 0 Å². The van der Waals surface area contributed by atoms with Gasteiger partial charge in [-0.2, -0.15) is 0 Å². The quantitative estimate of drug-likeness (QED) is 0.601. The zero-order chi connectivity index (χ0) is 18.9. The highest BCUT2D eigenvalue weighted by Gasteiger charge is 2.08. The van der Waals surface area contributed by atoms with Crippen molar-refractivity contribution in [2.45, 2.75) is 19.8 Å². The number of nitrogens with one attached hydrogen (secondary N) is 2. The molecule has 0 saturated carbocycles. The van der Waals surface area contributed by atoms with Crippen molar-refractivity contribution in [3.8, 4) is 11.5 Å². The maximum Gasteiger partial charge on any atom is 0.251 e. The van der Waals surface area contributed by atoms with Gasteiger partial charge in [-0.15, -0.1) is 0 Å². The lowest BCUT2D eigenvalue weighted by molar-refractivity contribution is 0.0953. The van der Waals surface area contributed by atoms with Gasteiger partial charge < -0.3 is 25.8 Å². The first kappa shape index (κ1) is 19.4. The number of carbonyl (C=O) groups is 1. The van der Waals surface area contributed by atoms with Crippen molar-refractivity contribution < 1.29 is 14.3 Å². The first-order valence-electron chi connectivity index (χ1n) is 8.71. The molecule has 0 saturated heterocycles. The minimum Gasteiger partial charge on any atom is -0.493 e. The molecule has 2 aromatic rings. The second kappa shape index (κ2) is 9.56. The summed E-state index contributed by atoms with van der Waals surface area (Å²) in [5, 5.41) is 6.15. The lowest BCUT2D eigenvalue weighted by Gasteiger charge is -2.12. The fourth-order valence-corrected chi connectivity index (χ4v) is 2.58. The molecule has 140 valence electrons. The standard InChI is InChI=1S/C20H27N3O3/c1-4-10-23-20(24)15-6-7-17(16(21)13-15)22-11-9-14-5-8-18(25-2)19(12-14)26-3/h5-8,12-13,22H,4,9-11,21H2,1-3H3,(H,23,24). The molecule has 0 radical (unpaired) electrons. The molecule has 0 spiro atoms. The highest BCUT2D eigenvalue weighted by Crippen LogP contribution is 2.28. The molecule has 0 unspecified atom stereocenters. The van der Waals surface area contributed by atoms with Gasteiger partial charge in [0.15, 0.2) is 11.5 Å². The van der Waals surface area contributed by atoms with Crippen molar-refractivity contribution in [2.75, 3.05) is 38.4 Å². The van der Waals surface area contributed by atoms with Gasteiger partial charge in [0.25, 0.3) is 5.91 Å². The Bertz CT molecular complexity index is 747. The molecule has 6 heteroatoms. The summed E-state index contributed by atoms with van der Waals surface area (Å²) in [6.45, 7) is 3.38. The molecule has 0 aliphatic heterocycles. The Morgan fingerprint density at radius 3 is 2.46 bits per heavy atom. The predicted octanol–water partition coefficient (Wildman–Crippen LogP) is 3.08. The maximum absolute atomic E-state index is 12.0. The minimum atomic E-state index is -0.101. The molecule has 4 N–H and O–H groups in total. The summed E-state index contributed by atoms with van der Waals surface area (Å²) in [5.74, 6) is 1.33. The summed E-state index contributed by atoms with van der Waals surface area (Å²) >= 11 is 0. The van der Waals surface area contributed by atoms with E-state index in [0.717, 1.165) is 24.1 Å². The summed E-state index contributed by atoms with van der Waals surface area (Å²) in [5.41, 5.74) is 9.15. The number of methoxy groups -OCH3 is 2. The molecule has 0 fully saturated rings. The first-order chi connectivity index (χ1) is 12.6. The molecule has 26 heavy (non-hydrogen) atoms. The number of benzene rings is 2. The zero-order valence-electron chi connectivity index (χ0n) is 15.6. The number of rotatable bonds is 9. The Balaban J connectivity index is 1.94. The van der Waals surface area contributed by atoms with E-state index in [-0.39, 0.29) is 5.91 Å². The number of amides is 1. The van der Waals surface area contributed by atoms with E-state index in [1.165, 1.54) is 0 Å². The molecule has 0 aliphatic carbocycles. The van der Waals surface area contributed by atoms with Gasteiger partial charge in [0.2, 0.25) is 0 Å². The molecule has 0 aliphatic rings. The van der Waals surface area contributed by atoms with Gasteiger partial charge in [-0.1, -0.05) is 13.0 Å². The van der Waals surface area contributed by atoms with Crippen molar-refractivity contribution in [3.63, 3.8) is 0 Å². The average Bonchev–Trinajstić information content (AvgIpc) is 2.67. The third-order valence-electron chi connectivity index (χ3n) is 4.03. The summed E-state index contributed by atoms with van der Waals surface area (Å²) in [6, 6.07) is 11.2. The van der Waals surface area contributed by atoms with Crippen LogP contribution in [0, 0.1) is 0 Å². The number of hydrogen-bond donors (Lipinski definition) is 3. The summed E-state index contributed by atoms with van der Waals surface area (Å²) < 4.78 is 10.6. The van der Waals surface area contributed by atoms with Crippen LogP contribution in [0.2, 0.25) is 0 Å². The number of hydrogen-bond acceptors (Lipinski definition) is 5. The zero-order valence-corrected chi connectivity index (χ0v) is 15.6. The summed E-state index contributed by atoms with van der Waals surface area (Å²) in [7, 11) is 3.24. The maximum atomic E-state index is 12.0. The normalized spacial score (nSPS) is 10.3. The molecule has 0 bridgehead atoms. The van der Waals surface area contributed by atoms with E-state index < -0.39 is 0 Å². The molecule has 0 heterocycles. The Morgan fingerprint density at radius 1 is 1.04 bits per heavy atom. The molecule has 2 aromatic carbocycles. The topological polar surface area (TPSA) is 85.6 Å². The molecular weight excluding hydrogens is 330 g/mol. The molecule has 0 atom stereocenters. The first-order valence-corrected chi connectivity index (χ1v) is 8.71. The fraction of sp³-hybridized carbons (Fsp3) is 0.350. The minimum absolute atomic E-state index is 0.101. The highest BCUT2D eigenvalue weighted by atomic mass is 16.5. The number of nitrogens with two attached hydrogens (primary N) is 1. The second-order valence-corrected chi connectivity index (χ2v) is 5.92. The van der Waals surface area contributed by atoms with Crippen molar-refractivity contribution in [2.24, 2.45) is 0 Å². The van der Waals surface area contributed by atoms with Gasteiger partial charge in [0.1, 0.15) is 0 Å². The predicted molar refractivity (Wildman–Crippen MR) is 105 cm³/mol. The van der Waals surface area contributed by atoms with E-state index in [9.17, 15) is 4.79 Å². The summed E-state index contributed by atoms with van der Waals surface area (Å²) in [6.07, 6.45) is 1.70. The highest BCUT2D eigenvalue weighted by molar-refractivity contribution is 5.96. The largest absolute Gasteiger partial charge is 0.493 e. The van der Waals surface area contributed by atoms with Crippen LogP contribution in [0.1, 0.15) is 29.3 Å². The van der Waals surface area contributed by atoms with E-state index in [1.54, 1.807) is 26.4 Å². The van der Waals surface area contributed by atoms with Crippen LogP contribution in [0.4, 0.5) is 11.4 Å². The monoisotopic (exact) mass is 357 g/mol. The number of ether oxygens (including phenoxy) is 2. The van der Waals surface area contributed by atoms with Gasteiger partial charge in [-0.05, 0) is 48.7 Å². The van der Waals surface area contributed by atoms with Gasteiger partial charge in [0, 0.05) is 18.7 Å². The number of anilines is 2. The van der Waals surface area contributed by atoms with Crippen LogP contribution >= 0.6 is 0 Å². The molecule has 1 amide bonds. The van der Waals surface area contributed by atoms with Gasteiger partial charge in [0.05, 0.1) is 25.6 Å². The molecule has 2 rings (SSSR count). The Morgan fingerprint density at radius 2 is 1.81 bits per heavy atom. The van der Waals surface area contributed by atoms with Crippen LogP contribution < -0.4 is 25.8 Å². The van der Waals surface area contributed by atoms with Crippen LogP contribution in [0.5, 0.6) is 11.5 Å². The number of nitrogen functional groups attached to an aromatic ring is 1. The van der Waals surface area contributed by atoms with Crippen LogP contribution in [0.15, 0.2) is 36.4 Å².